The van der Waals surface area contributed by atoms with E-state index in [4.69, 9.17) is 17.3 Å². The van der Waals surface area contributed by atoms with Crippen LogP contribution in [-0.4, -0.2) is 18.4 Å². The summed E-state index contributed by atoms with van der Waals surface area (Å²) in [5.74, 6) is 0.520. The number of nitrogens with two attached hydrogens (primary N) is 1. The molecule has 8 nitrogen and oxygen atoms in total. The average Bonchev–Trinajstić information content (AvgIpc) is 2.68. The lowest BCUT2D eigenvalue weighted by molar-refractivity contribution is 0.587. The molecule has 0 unspecified atom stereocenters. The van der Waals surface area contributed by atoms with Crippen LogP contribution in [0.5, 0.6) is 0 Å². The van der Waals surface area contributed by atoms with Gasteiger partial charge in [0.2, 0.25) is 0 Å². The Balaban J connectivity index is 1.68. The van der Waals surface area contributed by atoms with Crippen molar-refractivity contribution in [1.29, 1.82) is 0 Å². The van der Waals surface area contributed by atoms with Gasteiger partial charge in [-0.2, -0.15) is 0 Å². The standard InChI is InChI=1S/C18H19ClN6O2S/c1-12-2-8-15(9-3-12)28(26,27)25-24-18-16(20)17(22-11-23-18)21-10-13-4-6-14(19)7-5-13/h2-9,11,25H,10,20H2,1H3,(H2,21,22,23,24). The van der Waals surface area contributed by atoms with Gasteiger partial charge in [0.1, 0.15) is 12.0 Å². The van der Waals surface area contributed by atoms with Gasteiger partial charge in [-0.3, -0.25) is 5.43 Å². The van der Waals surface area contributed by atoms with Crippen LogP contribution in [0.25, 0.3) is 0 Å². The van der Waals surface area contributed by atoms with Crippen LogP contribution in [0.4, 0.5) is 17.3 Å². The van der Waals surface area contributed by atoms with Crippen molar-refractivity contribution in [3.63, 3.8) is 0 Å². The summed E-state index contributed by atoms with van der Waals surface area (Å²) in [6, 6.07) is 13.8. The second-order valence-corrected chi connectivity index (χ2v) is 8.13. The average molecular weight is 419 g/mol. The van der Waals surface area contributed by atoms with Crippen molar-refractivity contribution in [2.75, 3.05) is 16.5 Å². The molecule has 0 radical (unpaired) electrons. The van der Waals surface area contributed by atoms with E-state index in [0.717, 1.165) is 11.1 Å². The monoisotopic (exact) mass is 418 g/mol. The lowest BCUT2D eigenvalue weighted by atomic mass is 10.2. The summed E-state index contributed by atoms with van der Waals surface area (Å²) in [6.07, 6.45) is 1.28. The first-order valence-electron chi connectivity index (χ1n) is 8.28. The fourth-order valence-electron chi connectivity index (χ4n) is 2.32. The van der Waals surface area contributed by atoms with E-state index in [9.17, 15) is 8.42 Å². The van der Waals surface area contributed by atoms with Crippen molar-refractivity contribution in [3.8, 4) is 0 Å². The van der Waals surface area contributed by atoms with Gasteiger partial charge in [-0.05, 0) is 36.8 Å². The first-order valence-corrected chi connectivity index (χ1v) is 10.1. The third-order valence-corrected chi connectivity index (χ3v) is 5.41. The molecule has 0 aliphatic carbocycles. The van der Waals surface area contributed by atoms with Crippen LogP contribution < -0.4 is 21.3 Å². The number of hydrogen-bond acceptors (Lipinski definition) is 7. The minimum atomic E-state index is -3.77. The van der Waals surface area contributed by atoms with Gasteiger partial charge in [0.25, 0.3) is 10.0 Å². The number of nitrogen functional groups attached to an aromatic ring is 1. The molecule has 2 aromatic carbocycles. The second kappa shape index (κ2) is 8.42. The maximum Gasteiger partial charge on any atom is 0.257 e. The number of rotatable bonds is 7. The molecule has 1 heterocycles. The van der Waals surface area contributed by atoms with Crippen molar-refractivity contribution in [3.05, 3.63) is 71.0 Å². The molecule has 0 aliphatic rings. The third-order valence-electron chi connectivity index (χ3n) is 3.89. The minimum absolute atomic E-state index is 0.124. The van der Waals surface area contributed by atoms with E-state index < -0.39 is 10.0 Å². The quantitative estimate of drug-likeness (QED) is 0.435. The third kappa shape index (κ3) is 4.89. The summed E-state index contributed by atoms with van der Waals surface area (Å²) in [7, 11) is -3.77. The van der Waals surface area contributed by atoms with Crippen molar-refractivity contribution >= 4 is 38.9 Å². The molecule has 0 saturated heterocycles. The van der Waals surface area contributed by atoms with Gasteiger partial charge in [0, 0.05) is 11.6 Å². The molecule has 10 heteroatoms. The van der Waals surface area contributed by atoms with Crippen LogP contribution in [0, 0.1) is 6.92 Å². The molecule has 0 spiro atoms. The van der Waals surface area contributed by atoms with Crippen molar-refractivity contribution in [2.45, 2.75) is 18.4 Å². The number of hydrazine groups is 1. The molecule has 0 bridgehead atoms. The van der Waals surface area contributed by atoms with Gasteiger partial charge in [-0.15, -0.1) is 4.83 Å². The number of nitrogens with zero attached hydrogens (tertiary/aromatic N) is 2. The Labute approximate surface area is 168 Å². The Kier molecular flexibility index (Phi) is 5.98. The van der Waals surface area contributed by atoms with Gasteiger partial charge >= 0.3 is 0 Å². The number of anilines is 3. The Hall–Kier alpha value is -2.88. The van der Waals surface area contributed by atoms with Crippen LogP contribution in [0.15, 0.2) is 59.8 Å². The Bertz CT molecular complexity index is 1060. The van der Waals surface area contributed by atoms with Crippen molar-refractivity contribution < 1.29 is 8.42 Å². The van der Waals surface area contributed by atoms with E-state index in [0.29, 0.717) is 17.4 Å². The van der Waals surface area contributed by atoms with E-state index >= 15 is 0 Å². The Morgan fingerprint density at radius 2 is 1.64 bits per heavy atom. The van der Waals surface area contributed by atoms with Crippen LogP contribution in [0.3, 0.4) is 0 Å². The van der Waals surface area contributed by atoms with E-state index in [1.54, 1.807) is 24.3 Å². The first-order chi connectivity index (χ1) is 13.3. The normalized spacial score (nSPS) is 11.2. The van der Waals surface area contributed by atoms with Crippen LogP contribution in [0.2, 0.25) is 5.02 Å². The number of halogens is 1. The Morgan fingerprint density at radius 1 is 1.00 bits per heavy atom. The maximum absolute atomic E-state index is 12.4. The summed E-state index contributed by atoms with van der Waals surface area (Å²) in [5, 5.41) is 3.74. The molecule has 28 heavy (non-hydrogen) atoms. The topological polar surface area (TPSA) is 122 Å². The highest BCUT2D eigenvalue weighted by Gasteiger charge is 2.15. The fraction of sp³-hybridized carbons (Fsp3) is 0.111. The molecular weight excluding hydrogens is 400 g/mol. The number of hydrogen-bond donors (Lipinski definition) is 4. The van der Waals surface area contributed by atoms with Crippen LogP contribution in [0.1, 0.15) is 11.1 Å². The molecule has 0 saturated carbocycles. The molecule has 0 fully saturated rings. The molecule has 1 aromatic heterocycles. The molecule has 5 N–H and O–H groups in total. The number of aryl methyl sites for hydroxylation is 1. The fourth-order valence-corrected chi connectivity index (χ4v) is 3.29. The molecule has 3 aromatic rings. The summed E-state index contributed by atoms with van der Waals surface area (Å²) in [5.41, 5.74) is 10.7. The predicted molar refractivity (Wildman–Crippen MR) is 110 cm³/mol. The lowest BCUT2D eigenvalue weighted by Crippen LogP contribution is -2.30. The van der Waals surface area contributed by atoms with E-state index in [1.165, 1.54) is 18.5 Å². The molecule has 0 aliphatic heterocycles. The van der Waals surface area contributed by atoms with Crippen molar-refractivity contribution in [1.82, 2.24) is 14.8 Å². The van der Waals surface area contributed by atoms with Gasteiger partial charge in [-0.25, -0.2) is 18.4 Å². The van der Waals surface area contributed by atoms with Crippen molar-refractivity contribution in [2.24, 2.45) is 0 Å². The second-order valence-electron chi connectivity index (χ2n) is 6.01. The van der Waals surface area contributed by atoms with Crippen LogP contribution in [-0.2, 0) is 16.6 Å². The molecule has 0 amide bonds. The lowest BCUT2D eigenvalue weighted by Gasteiger charge is -2.13. The molecule has 3 rings (SSSR count). The largest absolute Gasteiger partial charge is 0.393 e. The first kappa shape index (κ1) is 19.9. The maximum atomic E-state index is 12.4. The van der Waals surface area contributed by atoms with E-state index in [-0.39, 0.29) is 16.4 Å². The number of sulfonamides is 1. The highest BCUT2D eigenvalue weighted by atomic mass is 35.5. The highest BCUT2D eigenvalue weighted by molar-refractivity contribution is 7.89. The zero-order chi connectivity index (χ0) is 20.1. The van der Waals surface area contributed by atoms with Gasteiger partial charge in [-0.1, -0.05) is 41.4 Å². The summed E-state index contributed by atoms with van der Waals surface area (Å²) < 4.78 is 24.7. The van der Waals surface area contributed by atoms with Crippen LogP contribution >= 0.6 is 11.6 Å². The summed E-state index contributed by atoms with van der Waals surface area (Å²) in [6.45, 7) is 2.34. The van der Waals surface area contributed by atoms with E-state index in [1.807, 2.05) is 19.1 Å². The summed E-state index contributed by atoms with van der Waals surface area (Å²) >= 11 is 5.87. The minimum Gasteiger partial charge on any atom is -0.393 e. The number of nitrogens with one attached hydrogen (secondary N) is 3. The molecular formula is C18H19ClN6O2S. The molecule has 0 atom stereocenters. The van der Waals surface area contributed by atoms with Gasteiger partial charge in [0.05, 0.1) is 4.90 Å². The zero-order valence-corrected chi connectivity index (χ0v) is 16.6. The zero-order valence-electron chi connectivity index (χ0n) is 15.0. The Morgan fingerprint density at radius 3 is 2.32 bits per heavy atom. The number of aromatic nitrogens is 2. The predicted octanol–water partition coefficient (Wildman–Crippen LogP) is 2.94. The number of benzene rings is 2. The summed E-state index contributed by atoms with van der Waals surface area (Å²) in [4.78, 5) is 10.5. The van der Waals surface area contributed by atoms with E-state index in [2.05, 4.69) is 25.5 Å². The molecule has 146 valence electrons. The van der Waals surface area contributed by atoms with Gasteiger partial charge < -0.3 is 11.1 Å². The van der Waals surface area contributed by atoms with Gasteiger partial charge in [0.15, 0.2) is 11.6 Å². The highest BCUT2D eigenvalue weighted by Crippen LogP contribution is 2.23. The SMILES string of the molecule is Cc1ccc(S(=O)(=O)NNc2ncnc(NCc3ccc(Cl)cc3)c2N)cc1. The smallest absolute Gasteiger partial charge is 0.257 e.